The van der Waals surface area contributed by atoms with Gasteiger partial charge in [0.15, 0.2) is 0 Å². The van der Waals surface area contributed by atoms with E-state index in [0.29, 0.717) is 19.0 Å². The van der Waals surface area contributed by atoms with Crippen molar-refractivity contribution in [3.63, 3.8) is 0 Å². The van der Waals surface area contributed by atoms with Crippen molar-refractivity contribution in [3.05, 3.63) is 0 Å². The second-order valence-electron chi connectivity index (χ2n) is 4.62. The van der Waals surface area contributed by atoms with E-state index in [4.69, 9.17) is 10.8 Å². The summed E-state index contributed by atoms with van der Waals surface area (Å²) in [7, 11) is 0. The number of carbonyl (C=O) groups is 1. The van der Waals surface area contributed by atoms with Gasteiger partial charge >= 0.3 is 0 Å². The normalized spacial score (nSPS) is 18.7. The minimum Gasteiger partial charge on any atom is -0.395 e. The van der Waals surface area contributed by atoms with Crippen LogP contribution in [0.3, 0.4) is 0 Å². The molecule has 0 aromatic rings. The molecule has 4 nitrogen and oxygen atoms in total. The van der Waals surface area contributed by atoms with Gasteiger partial charge in [-0.05, 0) is 19.3 Å². The third kappa shape index (κ3) is 3.76. The molecule has 0 aliphatic heterocycles. The molecule has 1 rings (SSSR count). The summed E-state index contributed by atoms with van der Waals surface area (Å²) < 4.78 is 0. The molecule has 1 aliphatic rings. The third-order valence-electron chi connectivity index (χ3n) is 3.39. The Morgan fingerprint density at radius 2 is 2.12 bits per heavy atom. The fourth-order valence-corrected chi connectivity index (χ4v) is 2.32. The SMILES string of the molecule is CCC(N)CC(=O)N(CCO)C1CCCC1. The average molecular weight is 228 g/mol. The van der Waals surface area contributed by atoms with Crippen molar-refractivity contribution in [2.45, 2.75) is 57.5 Å². The minimum absolute atomic E-state index is 0.0452. The van der Waals surface area contributed by atoms with Crippen molar-refractivity contribution >= 4 is 5.91 Å². The summed E-state index contributed by atoms with van der Waals surface area (Å²) in [5.74, 6) is 0.107. The molecule has 1 unspecified atom stereocenters. The average Bonchev–Trinajstić information content (AvgIpc) is 2.78. The highest BCUT2D eigenvalue weighted by molar-refractivity contribution is 5.77. The van der Waals surface area contributed by atoms with Gasteiger partial charge in [0.2, 0.25) is 5.91 Å². The van der Waals surface area contributed by atoms with E-state index in [0.717, 1.165) is 19.3 Å². The van der Waals surface area contributed by atoms with Gasteiger partial charge in [0.25, 0.3) is 0 Å². The second-order valence-corrected chi connectivity index (χ2v) is 4.62. The number of aliphatic hydroxyl groups excluding tert-OH is 1. The van der Waals surface area contributed by atoms with E-state index in [-0.39, 0.29) is 18.6 Å². The highest BCUT2D eigenvalue weighted by atomic mass is 16.3. The summed E-state index contributed by atoms with van der Waals surface area (Å²) in [5, 5.41) is 9.01. The van der Waals surface area contributed by atoms with E-state index in [1.165, 1.54) is 12.8 Å². The topological polar surface area (TPSA) is 66.6 Å². The lowest BCUT2D eigenvalue weighted by molar-refractivity contribution is -0.134. The van der Waals surface area contributed by atoms with Crippen LogP contribution in [0.25, 0.3) is 0 Å². The third-order valence-corrected chi connectivity index (χ3v) is 3.39. The molecule has 1 fully saturated rings. The number of amides is 1. The van der Waals surface area contributed by atoms with Crippen LogP contribution in [0.15, 0.2) is 0 Å². The van der Waals surface area contributed by atoms with E-state index < -0.39 is 0 Å². The zero-order valence-electron chi connectivity index (χ0n) is 10.2. The standard InChI is InChI=1S/C12H24N2O2/c1-2-10(13)9-12(16)14(7-8-15)11-5-3-4-6-11/h10-11,15H,2-9,13H2,1H3. The molecule has 1 saturated carbocycles. The van der Waals surface area contributed by atoms with Crippen LogP contribution in [0.2, 0.25) is 0 Å². The molecule has 0 aromatic carbocycles. The van der Waals surface area contributed by atoms with E-state index in [2.05, 4.69) is 0 Å². The van der Waals surface area contributed by atoms with Crippen molar-refractivity contribution in [1.29, 1.82) is 0 Å². The van der Waals surface area contributed by atoms with Crippen LogP contribution in [0.1, 0.15) is 45.4 Å². The Morgan fingerprint density at radius 3 is 2.62 bits per heavy atom. The summed E-state index contributed by atoms with van der Waals surface area (Å²) in [4.78, 5) is 13.9. The van der Waals surface area contributed by atoms with Gasteiger partial charge in [0.05, 0.1) is 6.61 Å². The molecule has 0 bridgehead atoms. The Bertz CT molecular complexity index is 215. The van der Waals surface area contributed by atoms with E-state index >= 15 is 0 Å². The van der Waals surface area contributed by atoms with Crippen molar-refractivity contribution in [3.8, 4) is 0 Å². The maximum atomic E-state index is 12.0. The van der Waals surface area contributed by atoms with Gasteiger partial charge in [0, 0.05) is 25.0 Å². The molecule has 1 atom stereocenters. The number of aliphatic hydroxyl groups is 1. The molecule has 16 heavy (non-hydrogen) atoms. The first-order valence-corrected chi connectivity index (χ1v) is 6.35. The molecule has 0 saturated heterocycles. The molecule has 0 radical (unpaired) electrons. The Hall–Kier alpha value is -0.610. The van der Waals surface area contributed by atoms with Gasteiger partial charge in [-0.25, -0.2) is 0 Å². The Balaban J connectivity index is 2.50. The number of carbonyl (C=O) groups excluding carboxylic acids is 1. The number of hydrogen-bond donors (Lipinski definition) is 2. The van der Waals surface area contributed by atoms with Crippen molar-refractivity contribution < 1.29 is 9.90 Å². The molecular weight excluding hydrogens is 204 g/mol. The maximum Gasteiger partial charge on any atom is 0.224 e. The van der Waals surface area contributed by atoms with E-state index in [1.54, 1.807) is 0 Å². The summed E-state index contributed by atoms with van der Waals surface area (Å²) in [5.41, 5.74) is 5.80. The molecule has 1 amide bonds. The largest absolute Gasteiger partial charge is 0.395 e. The monoisotopic (exact) mass is 228 g/mol. The molecule has 3 N–H and O–H groups in total. The van der Waals surface area contributed by atoms with Crippen LogP contribution in [0.4, 0.5) is 0 Å². The van der Waals surface area contributed by atoms with Crippen LogP contribution >= 0.6 is 0 Å². The maximum absolute atomic E-state index is 12.0. The highest BCUT2D eigenvalue weighted by Gasteiger charge is 2.26. The lowest BCUT2D eigenvalue weighted by Gasteiger charge is -2.29. The van der Waals surface area contributed by atoms with Crippen LogP contribution in [-0.2, 0) is 4.79 Å². The van der Waals surface area contributed by atoms with Gasteiger partial charge in [-0.1, -0.05) is 19.8 Å². The molecule has 4 heteroatoms. The fraction of sp³-hybridized carbons (Fsp3) is 0.917. The van der Waals surface area contributed by atoms with Gasteiger partial charge in [-0.3, -0.25) is 4.79 Å². The molecule has 94 valence electrons. The van der Waals surface area contributed by atoms with Crippen molar-refractivity contribution in [1.82, 2.24) is 4.90 Å². The fourth-order valence-electron chi connectivity index (χ4n) is 2.32. The smallest absolute Gasteiger partial charge is 0.224 e. The molecule has 0 aromatic heterocycles. The number of rotatable bonds is 6. The predicted molar refractivity (Wildman–Crippen MR) is 63.9 cm³/mol. The first kappa shape index (κ1) is 13.5. The van der Waals surface area contributed by atoms with Gasteiger partial charge in [0.1, 0.15) is 0 Å². The summed E-state index contributed by atoms with van der Waals surface area (Å²) in [6.45, 7) is 2.49. The zero-order chi connectivity index (χ0) is 12.0. The first-order chi connectivity index (χ1) is 7.69. The Kier molecular flexibility index (Phi) is 5.77. The molecule has 0 spiro atoms. The Labute approximate surface area is 97.8 Å². The van der Waals surface area contributed by atoms with Crippen LogP contribution < -0.4 is 5.73 Å². The summed E-state index contributed by atoms with van der Waals surface area (Å²) >= 11 is 0. The summed E-state index contributed by atoms with van der Waals surface area (Å²) in [6.07, 6.45) is 5.77. The quantitative estimate of drug-likeness (QED) is 0.709. The second kappa shape index (κ2) is 6.86. The number of nitrogens with zero attached hydrogens (tertiary/aromatic N) is 1. The van der Waals surface area contributed by atoms with Gasteiger partial charge < -0.3 is 15.7 Å². The van der Waals surface area contributed by atoms with Crippen LogP contribution in [0.5, 0.6) is 0 Å². The molecule has 1 aliphatic carbocycles. The highest BCUT2D eigenvalue weighted by Crippen LogP contribution is 2.24. The van der Waals surface area contributed by atoms with Crippen molar-refractivity contribution in [2.75, 3.05) is 13.2 Å². The molecular formula is C12H24N2O2. The van der Waals surface area contributed by atoms with Gasteiger partial charge in [-0.15, -0.1) is 0 Å². The predicted octanol–water partition coefficient (Wildman–Crippen LogP) is 0.877. The minimum atomic E-state index is -0.0462. The van der Waals surface area contributed by atoms with Crippen molar-refractivity contribution in [2.24, 2.45) is 5.73 Å². The van der Waals surface area contributed by atoms with Crippen LogP contribution in [-0.4, -0.2) is 41.1 Å². The van der Waals surface area contributed by atoms with E-state index in [9.17, 15) is 4.79 Å². The molecule has 0 heterocycles. The van der Waals surface area contributed by atoms with Gasteiger partial charge in [-0.2, -0.15) is 0 Å². The lowest BCUT2D eigenvalue weighted by Crippen LogP contribution is -2.43. The van der Waals surface area contributed by atoms with Crippen LogP contribution in [0, 0.1) is 0 Å². The first-order valence-electron chi connectivity index (χ1n) is 6.35. The number of hydrogen-bond acceptors (Lipinski definition) is 3. The summed E-state index contributed by atoms with van der Waals surface area (Å²) in [6, 6.07) is 0.291. The number of nitrogens with two attached hydrogens (primary N) is 1. The van der Waals surface area contributed by atoms with E-state index in [1.807, 2.05) is 11.8 Å². The zero-order valence-corrected chi connectivity index (χ0v) is 10.2. The Morgan fingerprint density at radius 1 is 1.50 bits per heavy atom. The lowest BCUT2D eigenvalue weighted by atomic mass is 10.1.